The average Bonchev–Trinajstić information content (AvgIpc) is 3.21. The van der Waals surface area contributed by atoms with Crippen LogP contribution < -0.4 is 10.2 Å². The summed E-state index contributed by atoms with van der Waals surface area (Å²) in [6, 6.07) is 19.2. The number of imide groups is 2. The Balaban J connectivity index is 1.66. The van der Waals surface area contributed by atoms with E-state index in [9.17, 15) is 14.4 Å². The van der Waals surface area contributed by atoms with Gasteiger partial charge in [-0.3, -0.25) is 14.9 Å². The van der Waals surface area contributed by atoms with Gasteiger partial charge in [-0.25, -0.2) is 9.69 Å². The van der Waals surface area contributed by atoms with E-state index >= 15 is 0 Å². The summed E-state index contributed by atoms with van der Waals surface area (Å²) in [6.45, 7) is 2.01. The van der Waals surface area contributed by atoms with Crippen LogP contribution in [-0.4, -0.2) is 17.8 Å². The van der Waals surface area contributed by atoms with Crippen molar-refractivity contribution in [3.8, 4) is 11.3 Å². The zero-order valence-corrected chi connectivity index (χ0v) is 15.7. The Labute approximate surface area is 167 Å². The highest BCUT2D eigenvalue weighted by Gasteiger charge is 2.37. The summed E-state index contributed by atoms with van der Waals surface area (Å²) in [6.07, 6.45) is 2.19. The van der Waals surface area contributed by atoms with Gasteiger partial charge in [-0.15, -0.1) is 0 Å². The summed E-state index contributed by atoms with van der Waals surface area (Å²) >= 11 is 0. The second kappa shape index (κ2) is 7.59. The molecule has 0 unspecified atom stereocenters. The molecule has 0 radical (unpaired) electrons. The normalized spacial score (nSPS) is 15.7. The van der Waals surface area contributed by atoms with Crippen molar-refractivity contribution in [3.05, 3.63) is 83.6 Å². The fourth-order valence-electron chi connectivity index (χ4n) is 3.10. The van der Waals surface area contributed by atoms with Gasteiger partial charge in [0.15, 0.2) is 0 Å². The second-order valence-electron chi connectivity index (χ2n) is 6.55. The zero-order valence-electron chi connectivity index (χ0n) is 15.7. The number of anilines is 1. The maximum Gasteiger partial charge on any atom is 0.335 e. The lowest BCUT2D eigenvalue weighted by Gasteiger charge is -2.26. The number of urea groups is 1. The lowest BCUT2D eigenvalue weighted by molar-refractivity contribution is -0.122. The molecule has 0 saturated carbocycles. The van der Waals surface area contributed by atoms with Crippen LogP contribution in [0.1, 0.15) is 18.2 Å². The Kier molecular flexibility index (Phi) is 4.83. The van der Waals surface area contributed by atoms with Crippen molar-refractivity contribution in [2.45, 2.75) is 13.3 Å². The summed E-state index contributed by atoms with van der Waals surface area (Å²) in [4.78, 5) is 38.4. The zero-order chi connectivity index (χ0) is 20.4. The Morgan fingerprint density at radius 1 is 0.931 bits per heavy atom. The largest absolute Gasteiger partial charge is 0.457 e. The molecule has 0 aliphatic carbocycles. The van der Waals surface area contributed by atoms with Gasteiger partial charge in [-0.05, 0) is 42.3 Å². The highest BCUT2D eigenvalue weighted by Crippen LogP contribution is 2.26. The van der Waals surface area contributed by atoms with Crippen LogP contribution in [0, 0.1) is 0 Å². The number of hydrogen-bond acceptors (Lipinski definition) is 4. The Bertz CT molecular complexity index is 1110. The van der Waals surface area contributed by atoms with Crippen molar-refractivity contribution >= 4 is 29.6 Å². The average molecular weight is 386 g/mol. The van der Waals surface area contributed by atoms with Crippen LogP contribution in [0.25, 0.3) is 17.4 Å². The summed E-state index contributed by atoms with van der Waals surface area (Å²) < 4.78 is 5.76. The minimum absolute atomic E-state index is 0.168. The number of hydrogen-bond donors (Lipinski definition) is 1. The van der Waals surface area contributed by atoms with E-state index in [2.05, 4.69) is 5.32 Å². The minimum atomic E-state index is -0.772. The highest BCUT2D eigenvalue weighted by molar-refractivity contribution is 6.39. The van der Waals surface area contributed by atoms with Crippen LogP contribution in [-0.2, 0) is 16.0 Å². The van der Waals surface area contributed by atoms with Crippen LogP contribution >= 0.6 is 0 Å². The molecule has 2 heterocycles. The first kappa shape index (κ1) is 18.4. The maximum absolute atomic E-state index is 12.9. The van der Waals surface area contributed by atoms with Crippen molar-refractivity contribution in [3.63, 3.8) is 0 Å². The molecule has 2 aromatic carbocycles. The van der Waals surface area contributed by atoms with E-state index in [1.165, 1.54) is 6.08 Å². The van der Waals surface area contributed by atoms with E-state index < -0.39 is 17.8 Å². The van der Waals surface area contributed by atoms with Crippen LogP contribution in [0.2, 0.25) is 0 Å². The number of carbonyl (C=O) groups is 3. The van der Waals surface area contributed by atoms with Gasteiger partial charge in [-0.1, -0.05) is 49.4 Å². The maximum atomic E-state index is 12.9. The number of barbiturate groups is 1. The van der Waals surface area contributed by atoms with Crippen molar-refractivity contribution in [1.29, 1.82) is 0 Å². The van der Waals surface area contributed by atoms with Gasteiger partial charge in [0.2, 0.25) is 0 Å². The van der Waals surface area contributed by atoms with Crippen molar-refractivity contribution in [2.24, 2.45) is 0 Å². The molecule has 4 amide bonds. The standard InChI is InChI=1S/C23H18N2O4/c1-2-15-8-10-17(11-9-15)25-22(27)19(21(26)24-23(25)28)14-18-12-13-20(29-18)16-6-4-3-5-7-16/h3-14H,2H2,1H3,(H,24,26,28). The number of furan rings is 1. The van der Waals surface area contributed by atoms with Gasteiger partial charge < -0.3 is 4.42 Å². The predicted molar refractivity (Wildman–Crippen MR) is 109 cm³/mol. The molecule has 3 aromatic rings. The quantitative estimate of drug-likeness (QED) is 0.539. The number of amides is 4. The minimum Gasteiger partial charge on any atom is -0.457 e. The van der Waals surface area contributed by atoms with Gasteiger partial charge in [0.05, 0.1) is 5.69 Å². The third kappa shape index (κ3) is 3.60. The molecular formula is C23H18N2O4. The van der Waals surface area contributed by atoms with Gasteiger partial charge in [0.1, 0.15) is 17.1 Å². The molecule has 1 saturated heterocycles. The molecule has 0 bridgehead atoms. The van der Waals surface area contributed by atoms with Crippen molar-refractivity contribution in [2.75, 3.05) is 4.90 Å². The van der Waals surface area contributed by atoms with E-state index in [4.69, 9.17) is 4.42 Å². The number of aryl methyl sites for hydroxylation is 1. The first-order valence-electron chi connectivity index (χ1n) is 9.22. The van der Waals surface area contributed by atoms with Crippen LogP contribution in [0.4, 0.5) is 10.5 Å². The first-order valence-corrected chi connectivity index (χ1v) is 9.22. The number of carbonyl (C=O) groups excluding carboxylic acids is 3. The van der Waals surface area contributed by atoms with E-state index in [0.29, 0.717) is 17.2 Å². The molecular weight excluding hydrogens is 368 g/mol. The fourth-order valence-corrected chi connectivity index (χ4v) is 3.10. The smallest absolute Gasteiger partial charge is 0.335 e. The molecule has 0 atom stereocenters. The SMILES string of the molecule is CCc1ccc(N2C(=O)NC(=O)C(=Cc3ccc(-c4ccccc4)o3)C2=O)cc1. The van der Waals surface area contributed by atoms with E-state index in [0.717, 1.165) is 22.4 Å². The summed E-state index contributed by atoms with van der Waals surface area (Å²) in [5, 5.41) is 2.21. The molecule has 29 heavy (non-hydrogen) atoms. The number of nitrogens with zero attached hydrogens (tertiary/aromatic N) is 1. The van der Waals surface area contributed by atoms with Crippen LogP contribution in [0.3, 0.4) is 0 Å². The molecule has 1 aliphatic rings. The molecule has 6 heteroatoms. The third-order valence-electron chi connectivity index (χ3n) is 4.68. The van der Waals surface area contributed by atoms with Crippen molar-refractivity contribution in [1.82, 2.24) is 5.32 Å². The molecule has 1 fully saturated rings. The second-order valence-corrected chi connectivity index (χ2v) is 6.55. The molecule has 1 aromatic heterocycles. The van der Waals surface area contributed by atoms with E-state index in [1.54, 1.807) is 24.3 Å². The van der Waals surface area contributed by atoms with Gasteiger partial charge in [0, 0.05) is 5.56 Å². The lowest BCUT2D eigenvalue weighted by atomic mass is 10.1. The number of rotatable bonds is 4. The Hall–Kier alpha value is -3.93. The molecule has 144 valence electrons. The van der Waals surface area contributed by atoms with Gasteiger partial charge in [-0.2, -0.15) is 0 Å². The molecule has 4 rings (SSSR count). The number of nitrogens with one attached hydrogen (secondary N) is 1. The van der Waals surface area contributed by atoms with Crippen molar-refractivity contribution < 1.29 is 18.8 Å². The van der Waals surface area contributed by atoms with Crippen LogP contribution in [0.5, 0.6) is 0 Å². The lowest BCUT2D eigenvalue weighted by Crippen LogP contribution is -2.54. The molecule has 1 aliphatic heterocycles. The van der Waals surface area contributed by atoms with Gasteiger partial charge in [0.25, 0.3) is 11.8 Å². The third-order valence-corrected chi connectivity index (χ3v) is 4.68. The Morgan fingerprint density at radius 3 is 2.34 bits per heavy atom. The summed E-state index contributed by atoms with van der Waals surface area (Å²) in [5.74, 6) is -0.484. The number of benzene rings is 2. The van der Waals surface area contributed by atoms with Gasteiger partial charge >= 0.3 is 6.03 Å². The predicted octanol–water partition coefficient (Wildman–Crippen LogP) is 4.18. The van der Waals surface area contributed by atoms with E-state index in [-0.39, 0.29) is 5.57 Å². The van der Waals surface area contributed by atoms with Crippen LogP contribution in [0.15, 0.2) is 76.7 Å². The molecule has 1 N–H and O–H groups in total. The first-order chi connectivity index (χ1) is 14.1. The fraction of sp³-hybridized carbons (Fsp3) is 0.0870. The molecule has 6 nitrogen and oxygen atoms in total. The Morgan fingerprint density at radius 2 is 1.66 bits per heavy atom. The topological polar surface area (TPSA) is 79.6 Å². The summed E-state index contributed by atoms with van der Waals surface area (Å²) in [5.41, 5.74) is 2.18. The summed E-state index contributed by atoms with van der Waals surface area (Å²) in [7, 11) is 0. The monoisotopic (exact) mass is 386 g/mol. The molecule has 0 spiro atoms. The van der Waals surface area contributed by atoms with E-state index in [1.807, 2.05) is 49.4 Å². The highest BCUT2D eigenvalue weighted by atomic mass is 16.3.